The Morgan fingerprint density at radius 2 is 1.62 bits per heavy atom. The van der Waals surface area contributed by atoms with Crippen LogP contribution in [0.15, 0.2) is 11.1 Å². The summed E-state index contributed by atoms with van der Waals surface area (Å²) in [7, 11) is 1.70. The molecule has 0 saturated heterocycles. The first-order chi connectivity index (χ1) is 7.15. The van der Waals surface area contributed by atoms with Crippen LogP contribution in [-0.2, 0) is 9.59 Å². The number of nitrogens with zero attached hydrogens (tertiary/aromatic N) is 1. The number of likely N-dealkylation sites (N-methyl/N-ethyl adjacent to an activating group) is 1. The number of carboxylic acids is 1. The highest BCUT2D eigenvalue weighted by atomic mass is 16.4. The van der Waals surface area contributed by atoms with E-state index < -0.39 is 5.97 Å². The Kier molecular flexibility index (Phi) is 4.72. The minimum atomic E-state index is -1.05. The molecule has 0 rings (SSSR count). The third-order valence-electron chi connectivity index (χ3n) is 3.28. The number of amides is 1. The van der Waals surface area contributed by atoms with Crippen molar-refractivity contribution in [3.05, 3.63) is 11.1 Å². The molecule has 0 saturated carbocycles. The maximum Gasteiger partial charge on any atom is 0.331 e. The van der Waals surface area contributed by atoms with Gasteiger partial charge in [-0.3, -0.25) is 4.79 Å². The Morgan fingerprint density at radius 3 is 1.94 bits per heavy atom. The number of hydrogen-bond donors (Lipinski definition) is 1. The smallest absolute Gasteiger partial charge is 0.331 e. The van der Waals surface area contributed by atoms with Gasteiger partial charge in [-0.05, 0) is 34.1 Å². The third kappa shape index (κ3) is 3.08. The summed E-state index contributed by atoms with van der Waals surface area (Å²) in [4.78, 5) is 24.3. The summed E-state index contributed by atoms with van der Waals surface area (Å²) in [5, 5.41) is 8.81. The molecule has 0 heterocycles. The van der Waals surface area contributed by atoms with Crippen LogP contribution in [0.3, 0.4) is 0 Å². The van der Waals surface area contributed by atoms with Crippen molar-refractivity contribution in [1.82, 2.24) is 4.90 Å². The monoisotopic (exact) mass is 227 g/mol. The van der Waals surface area contributed by atoms with E-state index in [2.05, 4.69) is 0 Å². The summed E-state index contributed by atoms with van der Waals surface area (Å²) < 4.78 is 0. The van der Waals surface area contributed by atoms with Crippen molar-refractivity contribution >= 4 is 11.9 Å². The molecule has 0 aliphatic rings. The van der Waals surface area contributed by atoms with Gasteiger partial charge < -0.3 is 10.0 Å². The quantitative estimate of drug-likeness (QED) is 0.748. The van der Waals surface area contributed by atoms with Gasteiger partial charge in [0.05, 0.1) is 0 Å². The zero-order valence-electron chi connectivity index (χ0n) is 10.9. The lowest BCUT2D eigenvalue weighted by molar-refractivity contribution is -0.134. The van der Waals surface area contributed by atoms with Gasteiger partial charge in [-0.15, -0.1) is 0 Å². The molecule has 4 heteroatoms. The second-order valence-corrected chi connectivity index (χ2v) is 4.59. The van der Waals surface area contributed by atoms with E-state index in [1.807, 2.05) is 20.8 Å². The number of rotatable bonds is 4. The van der Waals surface area contributed by atoms with E-state index >= 15 is 0 Å². The van der Waals surface area contributed by atoms with Crippen LogP contribution in [0.5, 0.6) is 0 Å². The van der Waals surface area contributed by atoms with Crippen LogP contribution in [-0.4, -0.2) is 34.5 Å². The average molecular weight is 227 g/mol. The summed E-state index contributed by atoms with van der Waals surface area (Å²) in [5.41, 5.74) is 0.122. The first kappa shape index (κ1) is 14.7. The van der Waals surface area contributed by atoms with Crippen molar-refractivity contribution in [2.75, 3.05) is 7.05 Å². The molecule has 0 bridgehead atoms. The molecule has 0 radical (unpaired) electrons. The predicted molar refractivity (Wildman–Crippen MR) is 63.1 cm³/mol. The van der Waals surface area contributed by atoms with Gasteiger partial charge in [-0.2, -0.15) is 0 Å². The number of aliphatic carboxylic acids is 1. The van der Waals surface area contributed by atoms with E-state index in [-0.39, 0.29) is 22.6 Å². The second kappa shape index (κ2) is 5.14. The van der Waals surface area contributed by atoms with Gasteiger partial charge in [0.25, 0.3) is 0 Å². The van der Waals surface area contributed by atoms with Crippen LogP contribution >= 0.6 is 0 Å². The van der Waals surface area contributed by atoms with Crippen LogP contribution in [0, 0.1) is 0 Å². The largest absolute Gasteiger partial charge is 0.478 e. The Bertz CT molecular complexity index is 329. The van der Waals surface area contributed by atoms with Crippen molar-refractivity contribution in [3.63, 3.8) is 0 Å². The van der Waals surface area contributed by atoms with E-state index in [0.717, 1.165) is 6.42 Å². The molecule has 1 N–H and O–H groups in total. The molecule has 1 amide bonds. The number of carboxylic acid groups (broad SMARTS) is 1. The molecule has 0 aliphatic heterocycles. The average Bonchev–Trinajstić information content (AvgIpc) is 2.24. The lowest BCUT2D eigenvalue weighted by atomic mass is 9.98. The molecule has 0 aromatic rings. The van der Waals surface area contributed by atoms with Gasteiger partial charge in [-0.1, -0.05) is 6.92 Å². The topological polar surface area (TPSA) is 57.6 Å². The summed E-state index contributed by atoms with van der Waals surface area (Å²) in [6.45, 7) is 8.89. The summed E-state index contributed by atoms with van der Waals surface area (Å²) in [6, 6.07) is 0. The maximum absolute atomic E-state index is 12.0. The second-order valence-electron chi connectivity index (χ2n) is 4.59. The van der Waals surface area contributed by atoms with Crippen LogP contribution in [0.1, 0.15) is 41.0 Å². The lowest BCUT2D eigenvalue weighted by Gasteiger charge is -2.35. The van der Waals surface area contributed by atoms with Crippen molar-refractivity contribution in [3.8, 4) is 0 Å². The molecule has 0 fully saturated rings. The van der Waals surface area contributed by atoms with Crippen molar-refractivity contribution in [1.29, 1.82) is 0 Å². The molecule has 0 spiro atoms. The van der Waals surface area contributed by atoms with Crippen molar-refractivity contribution in [2.45, 2.75) is 46.6 Å². The van der Waals surface area contributed by atoms with E-state index in [4.69, 9.17) is 5.11 Å². The fourth-order valence-electron chi connectivity index (χ4n) is 1.08. The van der Waals surface area contributed by atoms with Gasteiger partial charge in [-0.25, -0.2) is 4.79 Å². The van der Waals surface area contributed by atoms with Crippen LogP contribution in [0.4, 0.5) is 0 Å². The highest BCUT2D eigenvalue weighted by molar-refractivity contribution is 6.01. The molecule has 92 valence electrons. The minimum Gasteiger partial charge on any atom is -0.478 e. The molecule has 0 unspecified atom stereocenters. The Morgan fingerprint density at radius 1 is 1.19 bits per heavy atom. The summed E-state index contributed by atoms with van der Waals surface area (Å²) in [5.74, 6) is -1.28. The first-order valence-electron chi connectivity index (χ1n) is 5.34. The molecule has 0 aliphatic carbocycles. The first-order valence-corrected chi connectivity index (χ1v) is 5.34. The van der Waals surface area contributed by atoms with Crippen LogP contribution in [0.25, 0.3) is 0 Å². The van der Waals surface area contributed by atoms with Gasteiger partial charge in [0.1, 0.15) is 0 Å². The van der Waals surface area contributed by atoms with Crippen molar-refractivity contribution in [2.24, 2.45) is 0 Å². The van der Waals surface area contributed by atoms with Crippen LogP contribution in [0.2, 0.25) is 0 Å². The van der Waals surface area contributed by atoms with E-state index in [9.17, 15) is 9.59 Å². The fourth-order valence-corrected chi connectivity index (χ4v) is 1.08. The summed E-state index contributed by atoms with van der Waals surface area (Å²) >= 11 is 0. The van der Waals surface area contributed by atoms with Gasteiger partial charge in [0.2, 0.25) is 5.91 Å². The molecular weight excluding hydrogens is 206 g/mol. The molecule has 4 nitrogen and oxygen atoms in total. The SMILES string of the molecule is CCC(C)(C)N(C)C(=O)C(C)=C(C)C(=O)O. The highest BCUT2D eigenvalue weighted by Crippen LogP contribution is 2.19. The highest BCUT2D eigenvalue weighted by Gasteiger charge is 2.27. The van der Waals surface area contributed by atoms with Gasteiger partial charge >= 0.3 is 5.97 Å². The molecule has 0 atom stereocenters. The standard InChI is InChI=1S/C12H21NO3/c1-7-12(4,5)13(6)10(14)8(2)9(3)11(15)16/h7H2,1-6H3,(H,15,16). The van der Waals surface area contributed by atoms with Gasteiger partial charge in [0.15, 0.2) is 0 Å². The molecule has 0 aromatic carbocycles. The van der Waals surface area contributed by atoms with E-state index in [1.54, 1.807) is 18.9 Å². The van der Waals surface area contributed by atoms with Crippen molar-refractivity contribution < 1.29 is 14.7 Å². The maximum atomic E-state index is 12.0. The van der Waals surface area contributed by atoms with Gasteiger partial charge in [0, 0.05) is 23.7 Å². The Hall–Kier alpha value is -1.32. The van der Waals surface area contributed by atoms with E-state index in [1.165, 1.54) is 6.92 Å². The van der Waals surface area contributed by atoms with E-state index in [0.29, 0.717) is 0 Å². The minimum absolute atomic E-state index is 0.101. The number of carbonyl (C=O) groups excluding carboxylic acids is 1. The summed E-state index contributed by atoms with van der Waals surface area (Å²) in [6.07, 6.45) is 0.814. The molecule has 0 aromatic heterocycles. The lowest BCUT2D eigenvalue weighted by Crippen LogP contribution is -2.45. The Balaban J connectivity index is 5.10. The number of carbonyl (C=O) groups is 2. The third-order valence-corrected chi connectivity index (χ3v) is 3.28. The Labute approximate surface area is 96.9 Å². The number of hydrogen-bond acceptors (Lipinski definition) is 2. The molecular formula is C12H21NO3. The molecule has 16 heavy (non-hydrogen) atoms. The van der Waals surface area contributed by atoms with Crippen LogP contribution < -0.4 is 0 Å². The zero-order chi connectivity index (χ0) is 13.1. The fraction of sp³-hybridized carbons (Fsp3) is 0.667. The predicted octanol–water partition coefficient (Wildman–Crippen LogP) is 2.05. The normalized spacial score (nSPS) is 13.1. The zero-order valence-corrected chi connectivity index (χ0v) is 10.9.